The molecular formula is C18H21NO2S. The fraction of sp³-hybridized carbons (Fsp3) is 0.278. The van der Waals surface area contributed by atoms with Crippen molar-refractivity contribution >= 4 is 23.4 Å². The molecule has 0 aromatic heterocycles. The van der Waals surface area contributed by atoms with Gasteiger partial charge in [-0.3, -0.25) is 4.79 Å². The Morgan fingerprint density at radius 1 is 1.09 bits per heavy atom. The Kier molecular flexibility index (Phi) is 5.90. The van der Waals surface area contributed by atoms with Crippen LogP contribution in [-0.4, -0.2) is 18.3 Å². The number of carbonyl (C=O) groups is 1. The molecule has 116 valence electrons. The monoisotopic (exact) mass is 315 g/mol. The molecule has 0 saturated heterocycles. The zero-order valence-electron chi connectivity index (χ0n) is 13.2. The summed E-state index contributed by atoms with van der Waals surface area (Å²) in [5, 5.41) is 2.76. The predicted octanol–water partition coefficient (Wildman–Crippen LogP) is 4.43. The molecule has 4 heteroatoms. The average molecular weight is 315 g/mol. The minimum atomic E-state index is -0.0533. The lowest BCUT2D eigenvalue weighted by Gasteiger charge is -2.11. The van der Waals surface area contributed by atoms with Gasteiger partial charge in [-0.25, -0.2) is 0 Å². The molecule has 1 amide bonds. The van der Waals surface area contributed by atoms with Gasteiger partial charge in [0.15, 0.2) is 0 Å². The summed E-state index contributed by atoms with van der Waals surface area (Å²) >= 11 is 1.74. The molecule has 0 atom stereocenters. The smallest absolute Gasteiger partial charge is 0.221 e. The van der Waals surface area contributed by atoms with Crippen LogP contribution in [0.25, 0.3) is 0 Å². The Balaban J connectivity index is 1.80. The second-order valence-corrected chi connectivity index (χ2v) is 6.29. The lowest BCUT2D eigenvalue weighted by molar-refractivity contribution is -0.114. The zero-order valence-corrected chi connectivity index (χ0v) is 14.0. The van der Waals surface area contributed by atoms with Crippen molar-refractivity contribution in [3.05, 3.63) is 53.6 Å². The van der Waals surface area contributed by atoms with Crippen molar-refractivity contribution in [2.75, 3.05) is 17.7 Å². The van der Waals surface area contributed by atoms with Crippen LogP contribution in [0.5, 0.6) is 5.75 Å². The van der Waals surface area contributed by atoms with Gasteiger partial charge in [-0.05, 0) is 49.2 Å². The third-order valence-electron chi connectivity index (χ3n) is 3.18. The van der Waals surface area contributed by atoms with Gasteiger partial charge in [0.2, 0.25) is 5.91 Å². The molecule has 2 aromatic rings. The second kappa shape index (κ2) is 7.90. The summed E-state index contributed by atoms with van der Waals surface area (Å²) in [6.45, 7) is 6.31. The van der Waals surface area contributed by atoms with Gasteiger partial charge in [0.05, 0.1) is 6.61 Å². The molecule has 2 rings (SSSR count). The SMILES string of the molecule is CC(=O)Nc1ccc(SCCOc2c(C)cccc2C)cc1. The van der Waals surface area contributed by atoms with Crippen LogP contribution in [-0.2, 0) is 4.79 Å². The van der Waals surface area contributed by atoms with Gasteiger partial charge >= 0.3 is 0 Å². The first-order valence-electron chi connectivity index (χ1n) is 7.26. The van der Waals surface area contributed by atoms with E-state index in [1.165, 1.54) is 22.9 Å². The van der Waals surface area contributed by atoms with E-state index in [0.29, 0.717) is 6.61 Å². The standard InChI is InChI=1S/C18H21NO2S/c1-13-5-4-6-14(2)18(13)21-11-12-22-17-9-7-16(8-10-17)19-15(3)20/h4-10H,11-12H2,1-3H3,(H,19,20). The number of rotatable bonds is 6. The third kappa shape index (κ3) is 4.81. The van der Waals surface area contributed by atoms with Crippen LogP contribution in [0, 0.1) is 13.8 Å². The highest BCUT2D eigenvalue weighted by molar-refractivity contribution is 7.99. The summed E-state index contributed by atoms with van der Waals surface area (Å²) < 4.78 is 5.89. The maximum atomic E-state index is 11.0. The molecule has 2 aromatic carbocycles. The Morgan fingerprint density at radius 3 is 2.32 bits per heavy atom. The van der Waals surface area contributed by atoms with E-state index in [4.69, 9.17) is 4.74 Å². The Morgan fingerprint density at radius 2 is 1.73 bits per heavy atom. The van der Waals surface area contributed by atoms with Crippen LogP contribution in [0.4, 0.5) is 5.69 Å². The largest absolute Gasteiger partial charge is 0.492 e. The van der Waals surface area contributed by atoms with E-state index >= 15 is 0 Å². The van der Waals surface area contributed by atoms with Crippen LogP contribution in [0.2, 0.25) is 0 Å². The average Bonchev–Trinajstić information content (AvgIpc) is 2.47. The van der Waals surface area contributed by atoms with Gasteiger partial charge in [-0.15, -0.1) is 11.8 Å². The Bertz CT molecular complexity index is 618. The highest BCUT2D eigenvalue weighted by Gasteiger charge is 2.03. The van der Waals surface area contributed by atoms with Crippen molar-refractivity contribution in [2.24, 2.45) is 0 Å². The number of hydrogen-bond acceptors (Lipinski definition) is 3. The molecular weight excluding hydrogens is 294 g/mol. The number of para-hydroxylation sites is 1. The van der Waals surface area contributed by atoms with Gasteiger partial charge < -0.3 is 10.1 Å². The first kappa shape index (κ1) is 16.4. The molecule has 0 aliphatic heterocycles. The van der Waals surface area contributed by atoms with E-state index in [1.54, 1.807) is 11.8 Å². The van der Waals surface area contributed by atoms with Crippen LogP contribution in [0.3, 0.4) is 0 Å². The van der Waals surface area contributed by atoms with E-state index in [0.717, 1.165) is 17.2 Å². The molecule has 3 nitrogen and oxygen atoms in total. The van der Waals surface area contributed by atoms with E-state index in [1.807, 2.05) is 30.3 Å². The minimum Gasteiger partial charge on any atom is -0.492 e. The first-order chi connectivity index (χ1) is 10.6. The van der Waals surface area contributed by atoms with Crippen molar-refractivity contribution in [1.82, 2.24) is 0 Å². The molecule has 0 spiro atoms. The first-order valence-corrected chi connectivity index (χ1v) is 8.24. The summed E-state index contributed by atoms with van der Waals surface area (Å²) in [4.78, 5) is 12.1. The van der Waals surface area contributed by atoms with Crippen molar-refractivity contribution in [1.29, 1.82) is 0 Å². The van der Waals surface area contributed by atoms with Crippen molar-refractivity contribution in [3.63, 3.8) is 0 Å². The van der Waals surface area contributed by atoms with Gasteiger partial charge in [0, 0.05) is 23.3 Å². The van der Waals surface area contributed by atoms with Gasteiger partial charge in [0.25, 0.3) is 0 Å². The summed E-state index contributed by atoms with van der Waals surface area (Å²) in [5.74, 6) is 1.82. The maximum absolute atomic E-state index is 11.0. The second-order valence-electron chi connectivity index (χ2n) is 5.12. The van der Waals surface area contributed by atoms with Crippen molar-refractivity contribution in [3.8, 4) is 5.75 Å². The molecule has 0 heterocycles. The number of nitrogens with one attached hydrogen (secondary N) is 1. The van der Waals surface area contributed by atoms with E-state index in [2.05, 4.69) is 31.3 Å². The highest BCUT2D eigenvalue weighted by atomic mass is 32.2. The maximum Gasteiger partial charge on any atom is 0.221 e. The predicted molar refractivity (Wildman–Crippen MR) is 92.9 cm³/mol. The molecule has 0 saturated carbocycles. The van der Waals surface area contributed by atoms with Crippen molar-refractivity contribution in [2.45, 2.75) is 25.7 Å². The fourth-order valence-corrected chi connectivity index (χ4v) is 2.90. The third-order valence-corrected chi connectivity index (χ3v) is 4.16. The highest BCUT2D eigenvalue weighted by Crippen LogP contribution is 2.24. The summed E-state index contributed by atoms with van der Waals surface area (Å²) in [7, 11) is 0. The summed E-state index contributed by atoms with van der Waals surface area (Å²) in [5.41, 5.74) is 3.16. The number of benzene rings is 2. The van der Waals surface area contributed by atoms with E-state index in [9.17, 15) is 4.79 Å². The summed E-state index contributed by atoms with van der Waals surface area (Å²) in [6, 6.07) is 14.0. The minimum absolute atomic E-state index is 0.0533. The lowest BCUT2D eigenvalue weighted by Crippen LogP contribution is -2.05. The number of hydrogen-bond donors (Lipinski definition) is 1. The fourth-order valence-electron chi connectivity index (χ4n) is 2.17. The number of aryl methyl sites for hydroxylation is 2. The lowest BCUT2D eigenvalue weighted by atomic mass is 10.1. The van der Waals surface area contributed by atoms with E-state index < -0.39 is 0 Å². The molecule has 0 aliphatic carbocycles. The molecule has 22 heavy (non-hydrogen) atoms. The van der Waals surface area contributed by atoms with Crippen molar-refractivity contribution < 1.29 is 9.53 Å². The van der Waals surface area contributed by atoms with Crippen LogP contribution in [0.1, 0.15) is 18.1 Å². The topological polar surface area (TPSA) is 38.3 Å². The van der Waals surface area contributed by atoms with Crippen LogP contribution in [0.15, 0.2) is 47.4 Å². The molecule has 0 unspecified atom stereocenters. The number of ether oxygens (including phenoxy) is 1. The zero-order chi connectivity index (χ0) is 15.9. The molecule has 0 fully saturated rings. The Hall–Kier alpha value is -1.94. The van der Waals surface area contributed by atoms with Gasteiger partial charge in [0.1, 0.15) is 5.75 Å². The van der Waals surface area contributed by atoms with Gasteiger partial charge in [-0.1, -0.05) is 18.2 Å². The molecule has 1 N–H and O–H groups in total. The van der Waals surface area contributed by atoms with Gasteiger partial charge in [-0.2, -0.15) is 0 Å². The quantitative estimate of drug-likeness (QED) is 0.633. The molecule has 0 radical (unpaired) electrons. The van der Waals surface area contributed by atoms with Crippen LogP contribution < -0.4 is 10.1 Å². The Labute approximate surface area is 136 Å². The molecule has 0 aliphatic rings. The molecule has 0 bridgehead atoms. The number of thioether (sulfide) groups is 1. The van der Waals surface area contributed by atoms with E-state index in [-0.39, 0.29) is 5.91 Å². The van der Waals surface area contributed by atoms with Crippen LogP contribution >= 0.6 is 11.8 Å². The summed E-state index contributed by atoms with van der Waals surface area (Å²) in [6.07, 6.45) is 0. The number of amides is 1. The normalized spacial score (nSPS) is 10.3. The number of anilines is 1. The number of carbonyl (C=O) groups excluding carboxylic acids is 1.